The lowest BCUT2D eigenvalue weighted by atomic mass is 10.2. The van der Waals surface area contributed by atoms with Crippen molar-refractivity contribution >= 4 is 27.3 Å². The molecule has 0 bridgehead atoms. The van der Waals surface area contributed by atoms with Crippen molar-refractivity contribution in [2.45, 2.75) is 31.7 Å². The molecule has 1 aliphatic rings. The number of fused-ring (bicyclic) bond motifs is 1. The van der Waals surface area contributed by atoms with Gasteiger partial charge in [0.1, 0.15) is 12.6 Å². The molecule has 28 heavy (non-hydrogen) atoms. The molecule has 0 saturated carbocycles. The van der Waals surface area contributed by atoms with Crippen molar-refractivity contribution in [2.24, 2.45) is 5.14 Å². The maximum Gasteiger partial charge on any atom is 0.333 e. The van der Waals surface area contributed by atoms with Crippen LogP contribution in [0.25, 0.3) is 11.2 Å². The average Bonchev–Trinajstić information content (AvgIpc) is 3.32. The first-order valence-corrected chi connectivity index (χ1v) is 10.2. The van der Waals surface area contributed by atoms with E-state index in [2.05, 4.69) is 24.5 Å². The third-order valence-corrected chi connectivity index (χ3v) is 4.94. The zero-order valence-electron chi connectivity index (χ0n) is 14.9. The van der Waals surface area contributed by atoms with E-state index >= 15 is 0 Å². The van der Waals surface area contributed by atoms with Gasteiger partial charge in [-0.25, -0.2) is 20.1 Å². The number of anilines is 1. The number of benzene rings is 1. The van der Waals surface area contributed by atoms with Gasteiger partial charge in [0.2, 0.25) is 0 Å². The van der Waals surface area contributed by atoms with Gasteiger partial charge in [-0.15, -0.1) is 0 Å². The van der Waals surface area contributed by atoms with E-state index in [1.807, 2.05) is 34.9 Å². The minimum absolute atomic E-state index is 0.110. The van der Waals surface area contributed by atoms with Crippen molar-refractivity contribution in [3.8, 4) is 0 Å². The number of nitrogens with one attached hydrogen (secondary N) is 1. The van der Waals surface area contributed by atoms with Crippen molar-refractivity contribution in [1.82, 2.24) is 19.5 Å². The summed E-state index contributed by atoms with van der Waals surface area (Å²) in [6.07, 6.45) is 3.78. The quantitative estimate of drug-likeness (QED) is 0.602. The van der Waals surface area contributed by atoms with Crippen LogP contribution in [0.2, 0.25) is 0 Å². The number of nitrogens with zero attached hydrogens (tertiary/aromatic N) is 4. The van der Waals surface area contributed by atoms with E-state index in [-0.39, 0.29) is 18.9 Å². The van der Waals surface area contributed by atoms with Crippen LogP contribution >= 0.6 is 0 Å². The van der Waals surface area contributed by atoms with E-state index in [1.54, 1.807) is 6.33 Å². The van der Waals surface area contributed by atoms with Crippen molar-refractivity contribution in [3.63, 3.8) is 0 Å². The first-order valence-electron chi connectivity index (χ1n) is 8.77. The topological polar surface area (TPSA) is 134 Å². The first-order chi connectivity index (χ1) is 13.5. The van der Waals surface area contributed by atoms with Crippen LogP contribution in [0.1, 0.15) is 24.6 Å². The number of nitrogens with two attached hydrogens (primary N) is 1. The van der Waals surface area contributed by atoms with Gasteiger partial charge < -0.3 is 10.1 Å². The van der Waals surface area contributed by atoms with Gasteiger partial charge in [0, 0.05) is 6.54 Å². The van der Waals surface area contributed by atoms with Gasteiger partial charge in [0.25, 0.3) is 0 Å². The van der Waals surface area contributed by atoms with Gasteiger partial charge in [-0.1, -0.05) is 30.3 Å². The Labute approximate surface area is 162 Å². The monoisotopic (exact) mass is 404 g/mol. The fraction of sp³-hybridized carbons (Fsp3) is 0.353. The Morgan fingerprint density at radius 3 is 2.82 bits per heavy atom. The summed E-state index contributed by atoms with van der Waals surface area (Å²) >= 11 is 0. The molecule has 0 amide bonds. The molecule has 2 atom stereocenters. The highest BCUT2D eigenvalue weighted by molar-refractivity contribution is 7.84. The standard InChI is InChI=1S/C17H20N6O4S/c18-28(24,25)26-9-13-6-7-14(27-13)23-11-22-15-16(20-10-21-17(15)23)19-8-12-4-2-1-3-5-12/h1-5,10-11,13-14H,6-9H2,(H2,18,24,25)(H,19,20,21)/t13-,14+/m0/s1. The third kappa shape index (κ3) is 4.28. The van der Waals surface area contributed by atoms with Crippen LogP contribution in [-0.2, 0) is 25.8 Å². The van der Waals surface area contributed by atoms with Gasteiger partial charge in [0.15, 0.2) is 17.0 Å². The highest BCUT2D eigenvalue weighted by atomic mass is 32.2. The molecule has 0 radical (unpaired) electrons. The van der Waals surface area contributed by atoms with Gasteiger partial charge in [0.05, 0.1) is 19.0 Å². The van der Waals surface area contributed by atoms with E-state index in [9.17, 15) is 8.42 Å². The lowest BCUT2D eigenvalue weighted by Crippen LogP contribution is -2.23. The number of imidazole rings is 1. The number of rotatable bonds is 7. The smallest absolute Gasteiger partial charge is 0.333 e. The largest absolute Gasteiger partial charge is 0.364 e. The lowest BCUT2D eigenvalue weighted by Gasteiger charge is -2.15. The Morgan fingerprint density at radius 2 is 2.04 bits per heavy atom. The van der Waals surface area contributed by atoms with Gasteiger partial charge in [-0.05, 0) is 18.4 Å². The van der Waals surface area contributed by atoms with Crippen LogP contribution in [0, 0.1) is 0 Å². The van der Waals surface area contributed by atoms with Crippen molar-refractivity contribution < 1.29 is 17.3 Å². The normalized spacial score (nSPS) is 19.9. The lowest BCUT2D eigenvalue weighted by molar-refractivity contribution is -0.0149. The molecule has 3 aromatic rings. The van der Waals surface area contributed by atoms with Crippen molar-refractivity contribution in [2.75, 3.05) is 11.9 Å². The Hall–Kier alpha value is -2.60. The second-order valence-electron chi connectivity index (χ2n) is 6.45. The summed E-state index contributed by atoms with van der Waals surface area (Å²) in [5.41, 5.74) is 2.42. The van der Waals surface area contributed by atoms with Crippen molar-refractivity contribution in [3.05, 3.63) is 48.5 Å². The van der Waals surface area contributed by atoms with Crippen LogP contribution in [0.5, 0.6) is 0 Å². The SMILES string of the molecule is NS(=O)(=O)OC[C@@H]1CC[C@H](n2cnc3c(NCc4ccccc4)ncnc32)O1. The number of aromatic nitrogens is 4. The molecule has 0 spiro atoms. The summed E-state index contributed by atoms with van der Waals surface area (Å²) in [6, 6.07) is 9.99. The summed E-state index contributed by atoms with van der Waals surface area (Å²) in [7, 11) is -3.98. The molecule has 0 unspecified atom stereocenters. The molecule has 10 nitrogen and oxygen atoms in total. The highest BCUT2D eigenvalue weighted by Crippen LogP contribution is 2.31. The predicted octanol–water partition coefficient (Wildman–Crippen LogP) is 1.34. The summed E-state index contributed by atoms with van der Waals surface area (Å²) < 4.78 is 34.2. The average molecular weight is 404 g/mol. The zero-order valence-corrected chi connectivity index (χ0v) is 15.7. The van der Waals surface area contributed by atoms with E-state index in [4.69, 9.17) is 9.88 Å². The van der Waals surface area contributed by atoms with E-state index in [1.165, 1.54) is 6.33 Å². The zero-order chi connectivity index (χ0) is 19.6. The Kier molecular flexibility index (Phi) is 5.22. The molecule has 1 saturated heterocycles. The van der Waals surface area contributed by atoms with Crippen LogP contribution in [0.15, 0.2) is 43.0 Å². The predicted molar refractivity (Wildman–Crippen MR) is 101 cm³/mol. The fourth-order valence-corrected chi connectivity index (χ4v) is 3.50. The molecule has 1 aromatic carbocycles. The van der Waals surface area contributed by atoms with Gasteiger partial charge >= 0.3 is 10.3 Å². The molecule has 2 aromatic heterocycles. The minimum Gasteiger partial charge on any atom is -0.364 e. The van der Waals surface area contributed by atoms with Crippen molar-refractivity contribution in [1.29, 1.82) is 0 Å². The highest BCUT2D eigenvalue weighted by Gasteiger charge is 2.29. The summed E-state index contributed by atoms with van der Waals surface area (Å²) in [5.74, 6) is 0.639. The van der Waals surface area contributed by atoms with Crippen LogP contribution in [0.3, 0.4) is 0 Å². The van der Waals surface area contributed by atoms with Crippen LogP contribution in [-0.4, -0.2) is 40.6 Å². The molecule has 3 N–H and O–H groups in total. The molecule has 1 aliphatic heterocycles. The summed E-state index contributed by atoms with van der Waals surface area (Å²) in [5, 5.41) is 8.14. The Morgan fingerprint density at radius 1 is 1.21 bits per heavy atom. The molecular weight excluding hydrogens is 384 g/mol. The first kappa shape index (κ1) is 18.7. The number of hydrogen-bond donors (Lipinski definition) is 2. The van der Waals surface area contributed by atoms with Gasteiger partial charge in [-0.3, -0.25) is 8.75 Å². The third-order valence-electron chi connectivity index (χ3n) is 4.48. The van der Waals surface area contributed by atoms with Crippen LogP contribution in [0.4, 0.5) is 5.82 Å². The second-order valence-corrected chi connectivity index (χ2v) is 7.67. The number of hydrogen-bond acceptors (Lipinski definition) is 8. The molecule has 1 fully saturated rings. The minimum atomic E-state index is -3.98. The Balaban J connectivity index is 1.47. The maximum atomic E-state index is 10.9. The maximum absolute atomic E-state index is 10.9. The summed E-state index contributed by atoms with van der Waals surface area (Å²) in [4.78, 5) is 13.1. The molecule has 148 valence electrons. The van der Waals surface area contributed by atoms with Gasteiger partial charge in [-0.2, -0.15) is 8.42 Å². The molecule has 4 rings (SSSR count). The number of ether oxygens (including phenoxy) is 1. The second kappa shape index (κ2) is 7.80. The van der Waals surface area contributed by atoms with E-state index in [0.29, 0.717) is 36.4 Å². The van der Waals surface area contributed by atoms with E-state index < -0.39 is 10.3 Å². The molecule has 0 aliphatic carbocycles. The van der Waals surface area contributed by atoms with Crippen LogP contribution < -0.4 is 10.5 Å². The molecule has 3 heterocycles. The fourth-order valence-electron chi connectivity index (χ4n) is 3.16. The molecule has 11 heteroatoms. The summed E-state index contributed by atoms with van der Waals surface area (Å²) in [6.45, 7) is 0.507. The Bertz CT molecular complexity index is 1060. The van der Waals surface area contributed by atoms with E-state index in [0.717, 1.165) is 5.56 Å². The molecular formula is C17H20N6O4S.